The van der Waals surface area contributed by atoms with Crippen molar-refractivity contribution in [1.82, 2.24) is 25.1 Å². The van der Waals surface area contributed by atoms with E-state index in [2.05, 4.69) is 20.4 Å². The van der Waals surface area contributed by atoms with Gasteiger partial charge in [0.2, 0.25) is 5.91 Å². The molecule has 0 aliphatic heterocycles. The Morgan fingerprint density at radius 2 is 1.71 bits per heavy atom. The van der Waals surface area contributed by atoms with Crippen LogP contribution in [0.2, 0.25) is 0 Å². The number of nitrogens with two attached hydrogens (primary N) is 1. The number of aryl methyl sites for hydroxylation is 3. The lowest BCUT2D eigenvalue weighted by Gasteiger charge is -2.07. The van der Waals surface area contributed by atoms with Gasteiger partial charge in [-0.3, -0.25) is 4.79 Å². The first-order valence-electron chi connectivity index (χ1n) is 9.32. The summed E-state index contributed by atoms with van der Waals surface area (Å²) in [5, 5.41) is 7.53. The zero-order valence-corrected chi connectivity index (χ0v) is 16.8. The van der Waals surface area contributed by atoms with Crippen LogP contribution in [0, 0.1) is 27.7 Å². The lowest BCUT2D eigenvalue weighted by Crippen LogP contribution is -2.27. The SMILES string of the molecule is Cc1cc(C)nc(-n2nc(C)c(CC(=O)NCCc3ccc(N)cc3)c2C)n1. The molecule has 0 bridgehead atoms. The molecule has 3 N–H and O–H groups in total. The Kier molecular flexibility index (Phi) is 5.73. The Balaban J connectivity index is 1.66. The highest BCUT2D eigenvalue weighted by atomic mass is 16.1. The van der Waals surface area contributed by atoms with Crippen LogP contribution in [0.4, 0.5) is 5.69 Å². The fourth-order valence-electron chi connectivity index (χ4n) is 3.18. The van der Waals surface area contributed by atoms with Gasteiger partial charge in [0.1, 0.15) is 0 Å². The van der Waals surface area contributed by atoms with E-state index in [0.29, 0.717) is 12.5 Å². The summed E-state index contributed by atoms with van der Waals surface area (Å²) < 4.78 is 1.71. The number of benzene rings is 1. The molecule has 2 aromatic heterocycles. The second kappa shape index (κ2) is 8.21. The van der Waals surface area contributed by atoms with E-state index in [-0.39, 0.29) is 12.3 Å². The standard InChI is InChI=1S/C21H26N6O/c1-13-11-14(2)25-21(24-13)27-16(4)19(15(3)26-27)12-20(28)23-10-9-17-5-7-18(22)8-6-17/h5-8,11H,9-10,12,22H2,1-4H3,(H,23,28). The third kappa shape index (κ3) is 4.54. The molecule has 0 aliphatic carbocycles. The van der Waals surface area contributed by atoms with Gasteiger partial charge in [-0.05, 0) is 57.9 Å². The Labute approximate surface area is 165 Å². The molecule has 2 heterocycles. The number of carbonyl (C=O) groups is 1. The summed E-state index contributed by atoms with van der Waals surface area (Å²) in [5.74, 6) is 0.510. The molecule has 28 heavy (non-hydrogen) atoms. The molecule has 146 valence electrons. The van der Waals surface area contributed by atoms with E-state index in [9.17, 15) is 4.79 Å². The van der Waals surface area contributed by atoms with Gasteiger partial charge in [-0.2, -0.15) is 5.10 Å². The Morgan fingerprint density at radius 3 is 2.36 bits per heavy atom. The Bertz CT molecular complexity index is 971. The van der Waals surface area contributed by atoms with Crippen molar-refractivity contribution in [3.05, 3.63) is 64.2 Å². The molecule has 3 rings (SSSR count). The first kappa shape index (κ1) is 19.5. The maximum Gasteiger partial charge on any atom is 0.251 e. The highest BCUT2D eigenvalue weighted by molar-refractivity contribution is 5.79. The van der Waals surface area contributed by atoms with Gasteiger partial charge in [0, 0.05) is 34.9 Å². The fourth-order valence-corrected chi connectivity index (χ4v) is 3.18. The minimum Gasteiger partial charge on any atom is -0.399 e. The molecule has 1 aromatic carbocycles. The van der Waals surface area contributed by atoms with E-state index in [1.165, 1.54) is 0 Å². The Hall–Kier alpha value is -3.22. The molecule has 0 unspecified atom stereocenters. The number of aromatic nitrogens is 4. The van der Waals surface area contributed by atoms with Crippen LogP contribution in [0.25, 0.3) is 5.95 Å². The number of nitrogens with zero attached hydrogens (tertiary/aromatic N) is 4. The van der Waals surface area contributed by atoms with Gasteiger partial charge in [-0.1, -0.05) is 12.1 Å². The molecule has 0 saturated heterocycles. The molecule has 0 saturated carbocycles. The predicted octanol–water partition coefficient (Wildman–Crippen LogP) is 2.38. The summed E-state index contributed by atoms with van der Waals surface area (Å²) in [5.41, 5.74) is 12.0. The van der Waals surface area contributed by atoms with Crippen molar-refractivity contribution in [3.63, 3.8) is 0 Å². The summed E-state index contributed by atoms with van der Waals surface area (Å²) in [6.07, 6.45) is 1.05. The van der Waals surface area contributed by atoms with Gasteiger partial charge in [0.25, 0.3) is 5.95 Å². The number of rotatable bonds is 6. The van der Waals surface area contributed by atoms with Crippen LogP contribution in [0.15, 0.2) is 30.3 Å². The smallest absolute Gasteiger partial charge is 0.251 e. The summed E-state index contributed by atoms with van der Waals surface area (Å²) >= 11 is 0. The minimum atomic E-state index is -0.0254. The average Bonchev–Trinajstić information content (AvgIpc) is 2.91. The third-order valence-electron chi connectivity index (χ3n) is 4.65. The molecule has 1 amide bonds. The molecular formula is C21H26N6O. The van der Waals surface area contributed by atoms with Crippen LogP contribution in [0.1, 0.15) is 33.9 Å². The second-order valence-corrected chi connectivity index (χ2v) is 7.03. The van der Waals surface area contributed by atoms with E-state index in [4.69, 9.17) is 5.73 Å². The maximum atomic E-state index is 12.4. The minimum absolute atomic E-state index is 0.0254. The molecule has 0 fully saturated rings. The third-order valence-corrected chi connectivity index (χ3v) is 4.65. The molecule has 3 aromatic rings. The van der Waals surface area contributed by atoms with Gasteiger partial charge < -0.3 is 11.1 Å². The number of amides is 1. The number of anilines is 1. The first-order chi connectivity index (χ1) is 13.3. The largest absolute Gasteiger partial charge is 0.399 e. The summed E-state index contributed by atoms with van der Waals surface area (Å²) in [4.78, 5) is 21.4. The number of nitrogens with one attached hydrogen (secondary N) is 1. The van der Waals surface area contributed by atoms with Crippen LogP contribution in [-0.4, -0.2) is 32.2 Å². The van der Waals surface area contributed by atoms with Crippen LogP contribution in [0.5, 0.6) is 0 Å². The lowest BCUT2D eigenvalue weighted by atomic mass is 10.1. The molecule has 0 radical (unpaired) electrons. The van der Waals surface area contributed by atoms with Crippen LogP contribution in [0.3, 0.4) is 0 Å². The van der Waals surface area contributed by atoms with E-state index in [1.807, 2.05) is 58.0 Å². The zero-order valence-electron chi connectivity index (χ0n) is 16.8. The van der Waals surface area contributed by atoms with Crippen molar-refractivity contribution < 1.29 is 4.79 Å². The van der Waals surface area contributed by atoms with Crippen molar-refractivity contribution in [1.29, 1.82) is 0 Å². The molecule has 0 spiro atoms. The second-order valence-electron chi connectivity index (χ2n) is 7.03. The summed E-state index contributed by atoms with van der Waals surface area (Å²) in [7, 11) is 0. The van der Waals surface area contributed by atoms with E-state index in [1.54, 1.807) is 4.68 Å². The van der Waals surface area contributed by atoms with Gasteiger partial charge in [0.15, 0.2) is 0 Å². The van der Waals surface area contributed by atoms with E-state index < -0.39 is 0 Å². The van der Waals surface area contributed by atoms with Gasteiger partial charge in [0.05, 0.1) is 12.1 Å². The highest BCUT2D eigenvalue weighted by Gasteiger charge is 2.17. The van der Waals surface area contributed by atoms with Crippen molar-refractivity contribution >= 4 is 11.6 Å². The molecule has 7 nitrogen and oxygen atoms in total. The predicted molar refractivity (Wildman–Crippen MR) is 109 cm³/mol. The van der Waals surface area contributed by atoms with Crippen molar-refractivity contribution in [3.8, 4) is 5.95 Å². The maximum absolute atomic E-state index is 12.4. The average molecular weight is 378 g/mol. The van der Waals surface area contributed by atoms with Crippen molar-refractivity contribution in [2.24, 2.45) is 0 Å². The van der Waals surface area contributed by atoms with Crippen molar-refractivity contribution in [2.75, 3.05) is 12.3 Å². The van der Waals surface area contributed by atoms with E-state index >= 15 is 0 Å². The van der Waals surface area contributed by atoms with Crippen LogP contribution >= 0.6 is 0 Å². The quantitative estimate of drug-likeness (QED) is 0.642. The van der Waals surface area contributed by atoms with Gasteiger partial charge in [-0.25, -0.2) is 14.6 Å². The van der Waals surface area contributed by atoms with E-state index in [0.717, 1.165) is 46.0 Å². The topological polar surface area (TPSA) is 98.7 Å². The molecule has 7 heteroatoms. The number of hydrogen-bond donors (Lipinski definition) is 2. The first-order valence-corrected chi connectivity index (χ1v) is 9.32. The number of nitrogen functional groups attached to an aromatic ring is 1. The van der Waals surface area contributed by atoms with Gasteiger partial charge >= 0.3 is 0 Å². The summed E-state index contributed by atoms with van der Waals surface area (Å²) in [6.45, 7) is 8.29. The zero-order chi connectivity index (χ0) is 20.3. The number of carbonyl (C=O) groups excluding carboxylic acids is 1. The summed E-state index contributed by atoms with van der Waals surface area (Å²) in [6, 6.07) is 9.61. The normalized spacial score (nSPS) is 10.9. The van der Waals surface area contributed by atoms with Crippen molar-refractivity contribution in [2.45, 2.75) is 40.5 Å². The van der Waals surface area contributed by atoms with Crippen LogP contribution < -0.4 is 11.1 Å². The monoisotopic (exact) mass is 378 g/mol. The highest BCUT2D eigenvalue weighted by Crippen LogP contribution is 2.17. The Morgan fingerprint density at radius 1 is 1.07 bits per heavy atom. The lowest BCUT2D eigenvalue weighted by molar-refractivity contribution is -0.120. The molecule has 0 atom stereocenters. The van der Waals surface area contributed by atoms with Gasteiger partial charge in [-0.15, -0.1) is 0 Å². The fraction of sp³-hybridized carbons (Fsp3) is 0.333. The number of hydrogen-bond acceptors (Lipinski definition) is 5. The molecule has 0 aliphatic rings. The molecular weight excluding hydrogens is 352 g/mol. The van der Waals surface area contributed by atoms with Crippen LogP contribution in [-0.2, 0) is 17.6 Å².